The second-order valence-electron chi connectivity index (χ2n) is 6.52. The third kappa shape index (κ3) is 3.70. The Morgan fingerprint density at radius 1 is 1.26 bits per heavy atom. The molecule has 2 aromatic rings. The highest BCUT2D eigenvalue weighted by atomic mass is 32.2. The number of nitrogens with zero attached hydrogens (tertiary/aromatic N) is 4. The first-order valence-electron chi connectivity index (χ1n) is 8.48. The number of halogens is 1. The smallest absolute Gasteiger partial charge is 0.312 e. The topological polar surface area (TPSA) is 103 Å². The minimum atomic E-state index is -3.88. The molecule has 1 aliphatic heterocycles. The van der Waals surface area contributed by atoms with E-state index >= 15 is 0 Å². The molecular formula is C16H21FN5O4S+. The third-order valence-corrected chi connectivity index (χ3v) is 6.72. The van der Waals surface area contributed by atoms with Crippen molar-refractivity contribution in [1.29, 1.82) is 0 Å². The molecule has 146 valence electrons. The summed E-state index contributed by atoms with van der Waals surface area (Å²) in [6.07, 6.45) is 0. The fourth-order valence-corrected chi connectivity index (χ4v) is 4.82. The normalized spacial score (nSPS) is 16.6. The van der Waals surface area contributed by atoms with Crippen LogP contribution in [0.5, 0.6) is 0 Å². The number of nitrogens with one attached hydrogen (secondary N) is 1. The van der Waals surface area contributed by atoms with E-state index in [0.29, 0.717) is 31.1 Å². The summed E-state index contributed by atoms with van der Waals surface area (Å²) >= 11 is 0. The van der Waals surface area contributed by atoms with Gasteiger partial charge in [-0.15, -0.1) is 0 Å². The van der Waals surface area contributed by atoms with Gasteiger partial charge in [0.15, 0.2) is 6.67 Å². The minimum absolute atomic E-state index is 0.00941. The lowest BCUT2D eigenvalue weighted by Gasteiger charge is -2.31. The molecule has 1 aliphatic rings. The van der Waals surface area contributed by atoms with E-state index in [2.05, 4.69) is 5.10 Å². The summed E-state index contributed by atoms with van der Waals surface area (Å²) in [6.45, 7) is 5.14. The zero-order valence-electron chi connectivity index (χ0n) is 15.1. The van der Waals surface area contributed by atoms with Crippen molar-refractivity contribution in [2.24, 2.45) is 0 Å². The van der Waals surface area contributed by atoms with Gasteiger partial charge in [0.05, 0.1) is 31.1 Å². The zero-order valence-corrected chi connectivity index (χ0v) is 15.9. The van der Waals surface area contributed by atoms with E-state index in [9.17, 15) is 22.9 Å². The van der Waals surface area contributed by atoms with Crippen molar-refractivity contribution in [3.8, 4) is 0 Å². The van der Waals surface area contributed by atoms with Gasteiger partial charge in [-0.1, -0.05) is 12.1 Å². The van der Waals surface area contributed by atoms with Gasteiger partial charge in [0.2, 0.25) is 10.0 Å². The lowest BCUT2D eigenvalue weighted by Crippen LogP contribution is -3.14. The molecule has 0 spiro atoms. The standard InChI is InChI=1S/C16H20FN5O4S/c1-12-16(22(23)24)13(2)21(18-12)11-19-7-9-20(10-8-19)27(25,26)15-6-4-3-5-14(15)17/h3-6H,7-11H2,1-2H3/p+1. The predicted octanol–water partition coefficient (Wildman–Crippen LogP) is 0.0941. The fourth-order valence-electron chi connectivity index (χ4n) is 3.31. The fraction of sp³-hybridized carbons (Fsp3) is 0.438. The lowest BCUT2D eigenvalue weighted by molar-refractivity contribution is -0.926. The van der Waals surface area contributed by atoms with Gasteiger partial charge in [0.1, 0.15) is 22.1 Å². The average Bonchev–Trinajstić information content (AvgIpc) is 2.89. The number of piperazine rings is 1. The van der Waals surface area contributed by atoms with Crippen LogP contribution in [0.15, 0.2) is 29.2 Å². The van der Waals surface area contributed by atoms with E-state index in [1.807, 2.05) is 0 Å². The summed E-state index contributed by atoms with van der Waals surface area (Å²) in [5.41, 5.74) is 0.847. The molecule has 1 aromatic carbocycles. The second-order valence-corrected chi connectivity index (χ2v) is 8.43. The van der Waals surface area contributed by atoms with Crippen molar-refractivity contribution >= 4 is 15.7 Å². The molecule has 0 amide bonds. The Hall–Kier alpha value is -2.37. The van der Waals surface area contributed by atoms with Crippen LogP contribution in [-0.4, -0.2) is 53.6 Å². The highest BCUT2D eigenvalue weighted by Crippen LogP contribution is 2.21. The third-order valence-electron chi connectivity index (χ3n) is 4.78. The molecule has 2 heterocycles. The Balaban J connectivity index is 1.69. The quantitative estimate of drug-likeness (QED) is 0.568. The van der Waals surface area contributed by atoms with Crippen LogP contribution in [0.2, 0.25) is 0 Å². The molecular weight excluding hydrogens is 377 g/mol. The first kappa shape index (κ1) is 19.4. The van der Waals surface area contributed by atoms with Crippen molar-refractivity contribution < 1.29 is 22.6 Å². The average molecular weight is 398 g/mol. The van der Waals surface area contributed by atoms with Crippen molar-refractivity contribution in [2.75, 3.05) is 26.2 Å². The van der Waals surface area contributed by atoms with Crippen molar-refractivity contribution in [2.45, 2.75) is 25.4 Å². The first-order valence-corrected chi connectivity index (χ1v) is 9.92. The van der Waals surface area contributed by atoms with E-state index in [-0.39, 0.29) is 23.7 Å². The number of benzene rings is 1. The molecule has 9 nitrogen and oxygen atoms in total. The van der Waals surface area contributed by atoms with Crippen LogP contribution in [0.25, 0.3) is 0 Å². The lowest BCUT2D eigenvalue weighted by atomic mass is 10.3. The number of nitro groups is 1. The van der Waals surface area contributed by atoms with Gasteiger partial charge in [0.25, 0.3) is 0 Å². The van der Waals surface area contributed by atoms with E-state index < -0.39 is 20.8 Å². The molecule has 27 heavy (non-hydrogen) atoms. The van der Waals surface area contributed by atoms with Crippen LogP contribution in [0, 0.1) is 29.8 Å². The summed E-state index contributed by atoms with van der Waals surface area (Å²) in [7, 11) is -3.88. The molecule has 0 bridgehead atoms. The van der Waals surface area contributed by atoms with Gasteiger partial charge in [0, 0.05) is 0 Å². The molecule has 1 N–H and O–H groups in total. The van der Waals surface area contributed by atoms with Crippen molar-refractivity contribution in [1.82, 2.24) is 14.1 Å². The Labute approximate surface area is 156 Å². The highest BCUT2D eigenvalue weighted by Gasteiger charge is 2.33. The number of quaternary nitrogens is 1. The van der Waals surface area contributed by atoms with Crippen LogP contribution >= 0.6 is 0 Å². The van der Waals surface area contributed by atoms with E-state index in [4.69, 9.17) is 0 Å². The Kier molecular flexibility index (Phi) is 5.27. The van der Waals surface area contributed by atoms with Gasteiger partial charge >= 0.3 is 5.69 Å². The van der Waals surface area contributed by atoms with Crippen LogP contribution in [0.3, 0.4) is 0 Å². The minimum Gasteiger partial charge on any atom is -0.314 e. The Bertz CT molecular complexity index is 967. The summed E-state index contributed by atoms with van der Waals surface area (Å²) in [5, 5.41) is 15.3. The van der Waals surface area contributed by atoms with E-state index in [1.165, 1.54) is 22.5 Å². The van der Waals surface area contributed by atoms with E-state index in [0.717, 1.165) is 11.0 Å². The number of hydrogen-bond acceptors (Lipinski definition) is 5. The van der Waals surface area contributed by atoms with Crippen LogP contribution in [0.1, 0.15) is 11.4 Å². The van der Waals surface area contributed by atoms with Gasteiger partial charge in [-0.3, -0.25) is 10.1 Å². The number of sulfonamides is 1. The zero-order chi connectivity index (χ0) is 19.8. The van der Waals surface area contributed by atoms with Gasteiger partial charge in [-0.25, -0.2) is 17.5 Å². The molecule has 0 radical (unpaired) electrons. The SMILES string of the molecule is Cc1nn(C[NH+]2CCN(S(=O)(=O)c3ccccc3F)CC2)c(C)c1[N+](=O)[O-]. The van der Waals surface area contributed by atoms with Crippen LogP contribution < -0.4 is 4.90 Å². The summed E-state index contributed by atoms with van der Waals surface area (Å²) in [4.78, 5) is 11.4. The summed E-state index contributed by atoms with van der Waals surface area (Å²) in [5.74, 6) is -0.762. The van der Waals surface area contributed by atoms with Crippen LogP contribution in [0.4, 0.5) is 10.1 Å². The summed E-state index contributed by atoms with van der Waals surface area (Å²) in [6, 6.07) is 5.33. The monoisotopic (exact) mass is 398 g/mol. The molecule has 1 aromatic heterocycles. The van der Waals surface area contributed by atoms with Gasteiger partial charge < -0.3 is 4.90 Å². The molecule has 1 fully saturated rings. The van der Waals surface area contributed by atoms with Crippen molar-refractivity contribution in [3.63, 3.8) is 0 Å². The molecule has 0 unspecified atom stereocenters. The van der Waals surface area contributed by atoms with Gasteiger partial charge in [-0.2, -0.15) is 9.40 Å². The van der Waals surface area contributed by atoms with Crippen molar-refractivity contribution in [3.05, 3.63) is 51.6 Å². The number of aromatic nitrogens is 2. The summed E-state index contributed by atoms with van der Waals surface area (Å²) < 4.78 is 42.0. The molecule has 11 heteroatoms. The predicted molar refractivity (Wildman–Crippen MR) is 94.2 cm³/mol. The maximum Gasteiger partial charge on any atom is 0.312 e. The molecule has 0 atom stereocenters. The number of hydrogen-bond donors (Lipinski definition) is 1. The molecule has 3 rings (SSSR count). The van der Waals surface area contributed by atoms with E-state index in [1.54, 1.807) is 18.5 Å². The van der Waals surface area contributed by atoms with Gasteiger partial charge in [-0.05, 0) is 26.0 Å². The maximum absolute atomic E-state index is 13.9. The molecule has 1 saturated heterocycles. The Morgan fingerprint density at radius 2 is 1.89 bits per heavy atom. The highest BCUT2D eigenvalue weighted by molar-refractivity contribution is 7.89. The number of rotatable bonds is 5. The maximum atomic E-state index is 13.9. The Morgan fingerprint density at radius 3 is 2.44 bits per heavy atom. The first-order chi connectivity index (χ1) is 12.7. The molecule has 0 aliphatic carbocycles. The largest absolute Gasteiger partial charge is 0.314 e. The molecule has 0 saturated carbocycles. The second kappa shape index (κ2) is 7.33. The number of aryl methyl sites for hydroxylation is 1. The van der Waals surface area contributed by atoms with Crippen LogP contribution in [-0.2, 0) is 16.7 Å².